The molecule has 3 N–H and O–H groups in total. The van der Waals surface area contributed by atoms with Crippen LogP contribution in [-0.2, 0) is 20.3 Å². The van der Waals surface area contributed by atoms with Crippen LogP contribution in [-0.4, -0.2) is 48.4 Å². The number of ether oxygens (including phenoxy) is 1. The van der Waals surface area contributed by atoms with Crippen LogP contribution in [0.2, 0.25) is 0 Å². The highest BCUT2D eigenvalue weighted by Gasteiger charge is 2.38. The molecular weight excluding hydrogens is 240 g/mol. The van der Waals surface area contributed by atoms with Crippen molar-refractivity contribution in [3.05, 3.63) is 0 Å². The Morgan fingerprint density at radius 1 is 1.47 bits per heavy atom. The molecule has 1 rings (SSSR count). The predicted molar refractivity (Wildman–Crippen MR) is 68.1 cm³/mol. The van der Waals surface area contributed by atoms with E-state index in [9.17, 15) is 9.00 Å². The van der Waals surface area contributed by atoms with Crippen molar-refractivity contribution >= 4 is 16.7 Å². The number of carbonyl (C=O) groups is 1. The Balaban J connectivity index is 2.36. The van der Waals surface area contributed by atoms with Crippen LogP contribution in [0.15, 0.2) is 0 Å². The summed E-state index contributed by atoms with van der Waals surface area (Å²) in [7, 11) is -0.793. The lowest BCUT2D eigenvalue weighted by molar-refractivity contribution is -0.135. The Labute approximate surface area is 105 Å². The van der Waals surface area contributed by atoms with Gasteiger partial charge in [0.15, 0.2) is 0 Å². The number of amides is 1. The second-order valence-electron chi connectivity index (χ2n) is 4.48. The lowest BCUT2D eigenvalue weighted by Crippen LogP contribution is -2.49. The normalized spacial score (nSPS) is 20.8. The van der Waals surface area contributed by atoms with Crippen LogP contribution >= 0.6 is 0 Å². The third kappa shape index (κ3) is 4.37. The minimum Gasteiger partial charge on any atom is -0.381 e. The van der Waals surface area contributed by atoms with Crippen molar-refractivity contribution < 1.29 is 13.7 Å². The molecule has 1 aliphatic rings. The first-order chi connectivity index (χ1) is 8.10. The highest BCUT2D eigenvalue weighted by Crippen LogP contribution is 2.29. The van der Waals surface area contributed by atoms with Crippen LogP contribution in [0.1, 0.15) is 19.3 Å². The standard InChI is InChI=1S/C11H22N2O3S/c1-17(15)8-2-5-13-10(14)11(9-12)3-6-16-7-4-11/h2-9,12H2,1H3,(H,13,14). The minimum absolute atomic E-state index is 0.0187. The number of hydrogen-bond acceptors (Lipinski definition) is 4. The monoisotopic (exact) mass is 262 g/mol. The van der Waals surface area contributed by atoms with Gasteiger partial charge in [0, 0.05) is 49.1 Å². The van der Waals surface area contributed by atoms with Crippen LogP contribution < -0.4 is 11.1 Å². The average Bonchev–Trinajstić information content (AvgIpc) is 2.35. The van der Waals surface area contributed by atoms with Gasteiger partial charge >= 0.3 is 0 Å². The highest BCUT2D eigenvalue weighted by molar-refractivity contribution is 7.84. The van der Waals surface area contributed by atoms with E-state index < -0.39 is 16.2 Å². The van der Waals surface area contributed by atoms with E-state index in [4.69, 9.17) is 10.5 Å². The molecule has 0 bridgehead atoms. The number of carbonyl (C=O) groups excluding carboxylic acids is 1. The number of hydrogen-bond donors (Lipinski definition) is 2. The van der Waals surface area contributed by atoms with Crippen molar-refractivity contribution in [3.63, 3.8) is 0 Å². The SMILES string of the molecule is CS(=O)CCCNC(=O)C1(CN)CCOCC1. The largest absolute Gasteiger partial charge is 0.381 e. The molecule has 0 spiro atoms. The lowest BCUT2D eigenvalue weighted by atomic mass is 9.79. The molecule has 1 atom stereocenters. The Morgan fingerprint density at radius 3 is 2.65 bits per heavy atom. The minimum atomic E-state index is -0.793. The van der Waals surface area contributed by atoms with E-state index >= 15 is 0 Å². The maximum absolute atomic E-state index is 12.1. The molecule has 1 saturated heterocycles. The van der Waals surface area contributed by atoms with Gasteiger partial charge in [-0.2, -0.15) is 0 Å². The molecule has 6 heteroatoms. The summed E-state index contributed by atoms with van der Waals surface area (Å²) in [5.41, 5.74) is 5.27. The third-order valence-corrected chi connectivity index (χ3v) is 4.08. The Hall–Kier alpha value is -0.460. The van der Waals surface area contributed by atoms with E-state index in [1.54, 1.807) is 6.26 Å². The van der Waals surface area contributed by atoms with Crippen molar-refractivity contribution in [1.29, 1.82) is 0 Å². The van der Waals surface area contributed by atoms with E-state index in [0.29, 0.717) is 44.9 Å². The predicted octanol–water partition coefficient (Wildman–Crippen LogP) is -0.373. The van der Waals surface area contributed by atoms with Crippen molar-refractivity contribution in [3.8, 4) is 0 Å². The van der Waals surface area contributed by atoms with Crippen molar-refractivity contribution in [2.45, 2.75) is 19.3 Å². The summed E-state index contributed by atoms with van der Waals surface area (Å²) in [6.45, 7) is 2.14. The Kier molecular flexibility index (Phi) is 6.08. The van der Waals surface area contributed by atoms with Gasteiger partial charge < -0.3 is 15.8 Å². The number of nitrogens with one attached hydrogen (secondary N) is 1. The molecule has 1 unspecified atom stereocenters. The molecule has 0 aromatic carbocycles. The fourth-order valence-electron chi connectivity index (χ4n) is 1.95. The van der Waals surface area contributed by atoms with Gasteiger partial charge in [-0.05, 0) is 19.3 Å². The van der Waals surface area contributed by atoms with E-state index in [1.807, 2.05) is 0 Å². The van der Waals surface area contributed by atoms with Crippen LogP contribution in [0.3, 0.4) is 0 Å². The van der Waals surface area contributed by atoms with Crippen LogP contribution in [0, 0.1) is 5.41 Å². The summed E-state index contributed by atoms with van der Waals surface area (Å²) in [5.74, 6) is 0.643. The van der Waals surface area contributed by atoms with Gasteiger partial charge in [0.05, 0.1) is 5.41 Å². The molecule has 0 aromatic rings. The van der Waals surface area contributed by atoms with Crippen LogP contribution in [0.4, 0.5) is 0 Å². The van der Waals surface area contributed by atoms with Crippen molar-refractivity contribution in [2.24, 2.45) is 11.1 Å². The average molecular weight is 262 g/mol. The van der Waals surface area contributed by atoms with Gasteiger partial charge in [0.2, 0.25) is 5.91 Å². The molecule has 0 saturated carbocycles. The summed E-state index contributed by atoms with van der Waals surface area (Å²) in [6.07, 6.45) is 3.79. The van der Waals surface area contributed by atoms with Crippen molar-refractivity contribution in [2.75, 3.05) is 38.3 Å². The van der Waals surface area contributed by atoms with E-state index in [0.717, 1.165) is 6.42 Å². The molecule has 0 aliphatic carbocycles. The fraction of sp³-hybridized carbons (Fsp3) is 0.909. The topological polar surface area (TPSA) is 81.4 Å². The molecule has 0 aromatic heterocycles. The molecular formula is C11H22N2O3S. The molecule has 100 valence electrons. The van der Waals surface area contributed by atoms with E-state index in [1.165, 1.54) is 0 Å². The lowest BCUT2D eigenvalue weighted by Gasteiger charge is -2.34. The first-order valence-electron chi connectivity index (χ1n) is 5.97. The highest BCUT2D eigenvalue weighted by atomic mass is 32.2. The fourth-order valence-corrected chi connectivity index (χ4v) is 2.50. The van der Waals surface area contributed by atoms with Gasteiger partial charge in [0.25, 0.3) is 0 Å². The van der Waals surface area contributed by atoms with E-state index in [2.05, 4.69) is 5.32 Å². The van der Waals surface area contributed by atoms with Gasteiger partial charge in [-0.1, -0.05) is 0 Å². The Morgan fingerprint density at radius 2 is 2.12 bits per heavy atom. The zero-order valence-electron chi connectivity index (χ0n) is 10.4. The first-order valence-corrected chi connectivity index (χ1v) is 7.69. The zero-order valence-corrected chi connectivity index (χ0v) is 11.2. The smallest absolute Gasteiger partial charge is 0.227 e. The summed E-state index contributed by atoms with van der Waals surface area (Å²) >= 11 is 0. The van der Waals surface area contributed by atoms with Gasteiger partial charge in [-0.3, -0.25) is 9.00 Å². The third-order valence-electron chi connectivity index (χ3n) is 3.22. The molecule has 1 fully saturated rings. The van der Waals surface area contributed by atoms with Gasteiger partial charge in [0.1, 0.15) is 0 Å². The Bertz CT molecular complexity index is 278. The maximum Gasteiger partial charge on any atom is 0.227 e. The molecule has 5 nitrogen and oxygen atoms in total. The first kappa shape index (κ1) is 14.6. The molecule has 1 aliphatic heterocycles. The summed E-state index contributed by atoms with van der Waals surface area (Å²) in [4.78, 5) is 12.1. The van der Waals surface area contributed by atoms with Crippen molar-refractivity contribution in [1.82, 2.24) is 5.32 Å². The summed E-state index contributed by atoms with van der Waals surface area (Å²) < 4.78 is 16.1. The van der Waals surface area contributed by atoms with Crippen LogP contribution in [0.25, 0.3) is 0 Å². The zero-order chi connectivity index (χ0) is 12.7. The number of rotatable bonds is 6. The number of nitrogens with two attached hydrogens (primary N) is 1. The quantitative estimate of drug-likeness (QED) is 0.640. The molecule has 17 heavy (non-hydrogen) atoms. The second-order valence-corrected chi connectivity index (χ2v) is 6.04. The second kappa shape index (κ2) is 7.08. The molecule has 0 radical (unpaired) electrons. The maximum atomic E-state index is 12.1. The molecule has 1 amide bonds. The van der Waals surface area contributed by atoms with Crippen LogP contribution in [0.5, 0.6) is 0 Å². The van der Waals surface area contributed by atoms with E-state index in [-0.39, 0.29) is 5.91 Å². The van der Waals surface area contributed by atoms with Gasteiger partial charge in [-0.25, -0.2) is 0 Å². The summed E-state index contributed by atoms with van der Waals surface area (Å²) in [5, 5.41) is 2.89. The molecule has 1 heterocycles. The summed E-state index contributed by atoms with van der Waals surface area (Å²) in [6, 6.07) is 0. The van der Waals surface area contributed by atoms with Gasteiger partial charge in [-0.15, -0.1) is 0 Å².